The van der Waals surface area contributed by atoms with E-state index in [4.69, 9.17) is 4.74 Å². The number of halogens is 1. The Bertz CT molecular complexity index is 962. The average molecular weight is 414 g/mol. The van der Waals surface area contributed by atoms with Gasteiger partial charge in [0.25, 0.3) is 5.69 Å². The molecule has 0 spiro atoms. The Balaban J connectivity index is 1.70. The van der Waals surface area contributed by atoms with Crippen LogP contribution in [0, 0.1) is 10.1 Å². The summed E-state index contributed by atoms with van der Waals surface area (Å²) in [5, 5.41) is 12.7. The second kappa shape index (κ2) is 7.01. The van der Waals surface area contributed by atoms with Gasteiger partial charge >= 0.3 is 0 Å². The maximum atomic E-state index is 11.3. The molecule has 0 N–H and O–H groups in total. The largest absolute Gasteiger partial charge is 0.370 e. The van der Waals surface area contributed by atoms with Crippen LogP contribution in [-0.2, 0) is 4.74 Å². The van der Waals surface area contributed by atoms with Crippen molar-refractivity contribution in [3.63, 3.8) is 0 Å². The number of hydrogen-bond donors (Lipinski definition) is 0. The summed E-state index contributed by atoms with van der Waals surface area (Å²) in [6.07, 6.45) is 3.19. The summed E-state index contributed by atoms with van der Waals surface area (Å²) in [5.41, 5.74) is 2.17. The molecule has 3 aromatic rings. The summed E-state index contributed by atoms with van der Waals surface area (Å²) in [5.74, 6) is 0. The van der Waals surface area contributed by atoms with Crippen LogP contribution in [0.1, 0.15) is 11.7 Å². The fraction of sp³-hybridized carbons (Fsp3) is 0.211. The highest BCUT2D eigenvalue weighted by atomic mass is 79.9. The molecule has 0 radical (unpaired) electrons. The standard InChI is InChI=1S/C19H16BrN3O3/c20-14-3-1-13(2-4-14)19-12-22(9-10-26-19)17-5-6-18(23(24)25)16-11-21-8-7-15(16)17/h1-8,11,19H,9-10,12H2. The van der Waals surface area contributed by atoms with Crippen LogP contribution in [0.25, 0.3) is 10.8 Å². The number of morpholine rings is 1. The van der Waals surface area contributed by atoms with Crippen LogP contribution >= 0.6 is 15.9 Å². The number of ether oxygens (including phenoxy) is 1. The first-order valence-electron chi connectivity index (χ1n) is 8.26. The molecule has 1 aliphatic heterocycles. The van der Waals surface area contributed by atoms with Gasteiger partial charge in [0, 0.05) is 47.1 Å². The van der Waals surface area contributed by atoms with E-state index >= 15 is 0 Å². The highest BCUT2D eigenvalue weighted by Crippen LogP contribution is 2.35. The van der Waals surface area contributed by atoms with E-state index in [0.717, 1.165) is 27.7 Å². The van der Waals surface area contributed by atoms with Crippen molar-refractivity contribution in [2.45, 2.75) is 6.10 Å². The van der Waals surface area contributed by atoms with E-state index in [9.17, 15) is 10.1 Å². The lowest BCUT2D eigenvalue weighted by molar-refractivity contribution is -0.383. The molecule has 1 aromatic heterocycles. The molecule has 1 saturated heterocycles. The molecular weight excluding hydrogens is 398 g/mol. The second-order valence-corrected chi connectivity index (χ2v) is 7.05. The molecule has 4 rings (SSSR count). The Morgan fingerprint density at radius 1 is 1.15 bits per heavy atom. The lowest BCUT2D eigenvalue weighted by atomic mass is 10.0. The summed E-state index contributed by atoms with van der Waals surface area (Å²) in [4.78, 5) is 17.2. The van der Waals surface area contributed by atoms with Crippen molar-refractivity contribution >= 4 is 38.1 Å². The van der Waals surface area contributed by atoms with Gasteiger partial charge in [-0.2, -0.15) is 0 Å². The number of nitrogens with zero attached hydrogens (tertiary/aromatic N) is 3. The van der Waals surface area contributed by atoms with Crippen LogP contribution in [0.5, 0.6) is 0 Å². The molecule has 0 saturated carbocycles. The summed E-state index contributed by atoms with van der Waals surface area (Å²) in [6, 6.07) is 13.3. The van der Waals surface area contributed by atoms with Crippen molar-refractivity contribution in [2.75, 3.05) is 24.6 Å². The maximum absolute atomic E-state index is 11.3. The second-order valence-electron chi connectivity index (χ2n) is 6.14. The van der Waals surface area contributed by atoms with Crippen molar-refractivity contribution in [3.8, 4) is 0 Å². The summed E-state index contributed by atoms with van der Waals surface area (Å²) in [7, 11) is 0. The Labute approximate surface area is 158 Å². The van der Waals surface area contributed by atoms with Crippen LogP contribution in [0.2, 0.25) is 0 Å². The minimum atomic E-state index is -0.363. The number of anilines is 1. The minimum absolute atomic E-state index is 0.0380. The number of pyridine rings is 1. The topological polar surface area (TPSA) is 68.5 Å². The number of nitro benzene ring substituents is 1. The number of non-ortho nitro benzene ring substituents is 1. The van der Waals surface area contributed by atoms with E-state index in [1.54, 1.807) is 18.5 Å². The SMILES string of the molecule is O=[N+]([O-])c1ccc(N2CCOC(c3ccc(Br)cc3)C2)c2ccncc12. The zero-order chi connectivity index (χ0) is 18.1. The van der Waals surface area contributed by atoms with Gasteiger partial charge in [0.15, 0.2) is 0 Å². The van der Waals surface area contributed by atoms with E-state index < -0.39 is 0 Å². The van der Waals surface area contributed by atoms with Crippen molar-refractivity contribution in [3.05, 3.63) is 75.0 Å². The third kappa shape index (κ3) is 3.15. The average Bonchev–Trinajstić information content (AvgIpc) is 2.67. The fourth-order valence-corrected chi connectivity index (χ4v) is 3.61. The molecule has 0 aliphatic carbocycles. The smallest absolute Gasteiger partial charge is 0.278 e. The van der Waals surface area contributed by atoms with E-state index in [0.29, 0.717) is 18.5 Å². The molecule has 6 nitrogen and oxygen atoms in total. The third-order valence-corrected chi connectivity index (χ3v) is 5.15. The van der Waals surface area contributed by atoms with Crippen molar-refractivity contribution in [2.24, 2.45) is 0 Å². The lowest BCUT2D eigenvalue weighted by Crippen LogP contribution is -2.38. The van der Waals surface area contributed by atoms with Crippen molar-refractivity contribution in [1.29, 1.82) is 0 Å². The Morgan fingerprint density at radius 3 is 2.73 bits per heavy atom. The van der Waals surface area contributed by atoms with Gasteiger partial charge in [0.1, 0.15) is 6.10 Å². The molecule has 1 unspecified atom stereocenters. The first kappa shape index (κ1) is 16.9. The summed E-state index contributed by atoms with van der Waals surface area (Å²) >= 11 is 3.45. The van der Waals surface area contributed by atoms with Gasteiger partial charge in [-0.1, -0.05) is 28.1 Å². The number of benzene rings is 2. The molecule has 7 heteroatoms. The molecule has 1 atom stereocenters. The normalized spacial score (nSPS) is 17.4. The first-order valence-corrected chi connectivity index (χ1v) is 9.06. The molecule has 0 bridgehead atoms. The molecule has 2 aromatic carbocycles. The Hall–Kier alpha value is -2.51. The van der Waals surface area contributed by atoms with E-state index in [1.807, 2.05) is 24.3 Å². The summed E-state index contributed by atoms with van der Waals surface area (Å²) in [6.45, 7) is 2.03. The molecule has 1 aliphatic rings. The molecule has 132 valence electrons. The van der Waals surface area contributed by atoms with Crippen molar-refractivity contribution < 1.29 is 9.66 Å². The van der Waals surface area contributed by atoms with Gasteiger partial charge in [-0.05, 0) is 29.8 Å². The number of fused-ring (bicyclic) bond motifs is 1. The highest BCUT2D eigenvalue weighted by molar-refractivity contribution is 9.10. The Morgan fingerprint density at radius 2 is 1.96 bits per heavy atom. The molecule has 26 heavy (non-hydrogen) atoms. The molecule has 1 fully saturated rings. The maximum Gasteiger partial charge on any atom is 0.278 e. The lowest BCUT2D eigenvalue weighted by Gasteiger charge is -2.35. The predicted octanol–water partition coefficient (Wildman–Crippen LogP) is 4.48. The number of nitro groups is 1. The van der Waals surface area contributed by atoms with Crippen LogP contribution < -0.4 is 4.90 Å². The zero-order valence-electron chi connectivity index (χ0n) is 13.8. The molecular formula is C19H16BrN3O3. The third-order valence-electron chi connectivity index (χ3n) is 4.62. The van der Waals surface area contributed by atoms with Crippen LogP contribution in [0.4, 0.5) is 11.4 Å². The van der Waals surface area contributed by atoms with Crippen LogP contribution in [-0.4, -0.2) is 29.6 Å². The van der Waals surface area contributed by atoms with E-state index in [2.05, 4.69) is 37.9 Å². The van der Waals surface area contributed by atoms with Crippen LogP contribution in [0.15, 0.2) is 59.3 Å². The minimum Gasteiger partial charge on any atom is -0.370 e. The van der Waals surface area contributed by atoms with Gasteiger partial charge in [-0.25, -0.2) is 0 Å². The summed E-state index contributed by atoms with van der Waals surface area (Å²) < 4.78 is 6.98. The fourth-order valence-electron chi connectivity index (χ4n) is 3.34. The highest BCUT2D eigenvalue weighted by Gasteiger charge is 2.25. The quantitative estimate of drug-likeness (QED) is 0.467. The molecule has 2 heterocycles. The van der Waals surface area contributed by atoms with Crippen molar-refractivity contribution in [1.82, 2.24) is 4.98 Å². The number of aromatic nitrogens is 1. The van der Waals surface area contributed by atoms with Gasteiger partial charge in [-0.15, -0.1) is 0 Å². The number of hydrogen-bond acceptors (Lipinski definition) is 5. The van der Waals surface area contributed by atoms with E-state index in [1.165, 1.54) is 0 Å². The van der Waals surface area contributed by atoms with Gasteiger partial charge < -0.3 is 9.64 Å². The number of rotatable bonds is 3. The first-order chi connectivity index (χ1) is 12.6. The Kier molecular flexibility index (Phi) is 4.57. The van der Waals surface area contributed by atoms with Crippen LogP contribution in [0.3, 0.4) is 0 Å². The van der Waals surface area contributed by atoms with Gasteiger partial charge in [-0.3, -0.25) is 15.1 Å². The zero-order valence-corrected chi connectivity index (χ0v) is 15.4. The van der Waals surface area contributed by atoms with Gasteiger partial charge in [0.05, 0.1) is 16.9 Å². The van der Waals surface area contributed by atoms with Gasteiger partial charge in [0.2, 0.25) is 0 Å². The predicted molar refractivity (Wildman–Crippen MR) is 103 cm³/mol. The van der Waals surface area contributed by atoms with E-state index in [-0.39, 0.29) is 16.7 Å². The monoisotopic (exact) mass is 413 g/mol. The molecule has 0 amide bonds.